The van der Waals surface area contributed by atoms with Gasteiger partial charge in [-0.25, -0.2) is 4.79 Å². The molecule has 0 aromatic rings. The van der Waals surface area contributed by atoms with E-state index in [1.54, 1.807) is 0 Å². The lowest BCUT2D eigenvalue weighted by atomic mass is 10.2. The first kappa shape index (κ1) is 14.8. The van der Waals surface area contributed by atoms with Gasteiger partial charge in [-0.15, -0.1) is 0 Å². The number of nitrogens with one attached hydrogen (secondary N) is 1. The SMILES string of the molecule is CCC1CCC(C)N1C(=O)NCCCCC(=O)O. The van der Waals surface area contributed by atoms with Crippen LogP contribution < -0.4 is 5.32 Å². The quantitative estimate of drug-likeness (QED) is 0.716. The van der Waals surface area contributed by atoms with Crippen molar-refractivity contribution in [1.82, 2.24) is 10.2 Å². The van der Waals surface area contributed by atoms with Crippen molar-refractivity contribution < 1.29 is 14.7 Å². The van der Waals surface area contributed by atoms with Gasteiger partial charge in [0.1, 0.15) is 0 Å². The molecule has 1 aliphatic heterocycles. The van der Waals surface area contributed by atoms with Gasteiger partial charge in [0, 0.05) is 25.0 Å². The summed E-state index contributed by atoms with van der Waals surface area (Å²) in [7, 11) is 0. The van der Waals surface area contributed by atoms with Gasteiger partial charge in [0.15, 0.2) is 0 Å². The van der Waals surface area contributed by atoms with Crippen molar-refractivity contribution in [3.63, 3.8) is 0 Å². The second-order valence-corrected chi connectivity index (χ2v) is 4.98. The number of carbonyl (C=O) groups excluding carboxylic acids is 1. The van der Waals surface area contributed by atoms with E-state index in [2.05, 4.69) is 19.2 Å². The number of hydrogen-bond donors (Lipinski definition) is 2. The lowest BCUT2D eigenvalue weighted by molar-refractivity contribution is -0.137. The summed E-state index contributed by atoms with van der Waals surface area (Å²) in [5.74, 6) is -0.777. The molecule has 1 saturated heterocycles. The molecule has 0 bridgehead atoms. The zero-order valence-electron chi connectivity index (χ0n) is 11.3. The van der Waals surface area contributed by atoms with E-state index in [1.807, 2.05) is 4.90 Å². The standard InChI is InChI=1S/C13H24N2O3/c1-3-11-8-7-10(2)15(11)13(18)14-9-5-4-6-12(16)17/h10-11H,3-9H2,1-2H3,(H,14,18)(H,16,17). The maximum absolute atomic E-state index is 12.0. The van der Waals surface area contributed by atoms with Crippen LogP contribution >= 0.6 is 0 Å². The van der Waals surface area contributed by atoms with Crippen LogP contribution in [0.1, 0.15) is 52.4 Å². The summed E-state index contributed by atoms with van der Waals surface area (Å²) < 4.78 is 0. The molecule has 2 amide bonds. The third-order valence-electron chi connectivity index (χ3n) is 3.59. The van der Waals surface area contributed by atoms with Gasteiger partial charge in [0.25, 0.3) is 0 Å². The molecule has 0 aliphatic carbocycles. The Labute approximate surface area is 109 Å². The Bertz CT molecular complexity index is 294. The highest BCUT2D eigenvalue weighted by Crippen LogP contribution is 2.25. The first-order valence-corrected chi connectivity index (χ1v) is 6.84. The molecule has 104 valence electrons. The van der Waals surface area contributed by atoms with Crippen LogP contribution in [-0.4, -0.2) is 40.6 Å². The zero-order valence-corrected chi connectivity index (χ0v) is 11.3. The average Bonchev–Trinajstić information content (AvgIpc) is 2.69. The predicted octanol–water partition coefficient (Wildman–Crippen LogP) is 2.21. The summed E-state index contributed by atoms with van der Waals surface area (Å²) >= 11 is 0. The van der Waals surface area contributed by atoms with Crippen molar-refractivity contribution in [2.45, 2.75) is 64.5 Å². The van der Waals surface area contributed by atoms with E-state index in [0.29, 0.717) is 25.0 Å². The fourth-order valence-corrected chi connectivity index (χ4v) is 2.53. The highest BCUT2D eigenvalue weighted by molar-refractivity contribution is 5.75. The molecule has 1 aliphatic rings. The van der Waals surface area contributed by atoms with Gasteiger partial charge >= 0.3 is 12.0 Å². The summed E-state index contributed by atoms with van der Waals surface area (Å²) in [5.41, 5.74) is 0. The summed E-state index contributed by atoms with van der Waals surface area (Å²) in [4.78, 5) is 24.3. The van der Waals surface area contributed by atoms with Crippen LogP contribution in [0, 0.1) is 0 Å². The minimum atomic E-state index is -0.777. The number of carboxylic acid groups (broad SMARTS) is 1. The fourth-order valence-electron chi connectivity index (χ4n) is 2.53. The summed E-state index contributed by atoms with van der Waals surface area (Å²) in [5, 5.41) is 11.4. The first-order valence-electron chi connectivity index (χ1n) is 6.84. The van der Waals surface area contributed by atoms with Crippen LogP contribution in [0.5, 0.6) is 0 Å². The van der Waals surface area contributed by atoms with Crippen LogP contribution in [0.15, 0.2) is 0 Å². The molecule has 0 saturated carbocycles. The van der Waals surface area contributed by atoms with Crippen LogP contribution in [0.2, 0.25) is 0 Å². The molecule has 2 atom stereocenters. The summed E-state index contributed by atoms with van der Waals surface area (Å²) in [6.45, 7) is 4.75. The first-order chi connectivity index (χ1) is 8.56. The van der Waals surface area contributed by atoms with Crippen LogP contribution in [0.25, 0.3) is 0 Å². The molecular formula is C13H24N2O3. The summed E-state index contributed by atoms with van der Waals surface area (Å²) in [6, 6.07) is 0.676. The smallest absolute Gasteiger partial charge is 0.317 e. The number of nitrogens with zero attached hydrogens (tertiary/aromatic N) is 1. The molecule has 2 unspecified atom stereocenters. The molecule has 5 heteroatoms. The number of aliphatic carboxylic acids is 1. The number of likely N-dealkylation sites (tertiary alicyclic amines) is 1. The zero-order chi connectivity index (χ0) is 13.5. The minimum Gasteiger partial charge on any atom is -0.481 e. The Hall–Kier alpha value is -1.26. The van der Waals surface area contributed by atoms with Crippen molar-refractivity contribution in [3.05, 3.63) is 0 Å². The van der Waals surface area contributed by atoms with Gasteiger partial charge < -0.3 is 15.3 Å². The Morgan fingerprint density at radius 2 is 2.06 bits per heavy atom. The maximum atomic E-state index is 12.0. The minimum absolute atomic E-state index is 0.00201. The lowest BCUT2D eigenvalue weighted by Crippen LogP contribution is -2.46. The van der Waals surface area contributed by atoms with Crippen molar-refractivity contribution in [2.24, 2.45) is 0 Å². The van der Waals surface area contributed by atoms with E-state index in [-0.39, 0.29) is 12.5 Å². The van der Waals surface area contributed by atoms with Gasteiger partial charge in [0.05, 0.1) is 0 Å². The maximum Gasteiger partial charge on any atom is 0.317 e. The number of carbonyl (C=O) groups is 2. The number of rotatable bonds is 6. The summed E-state index contributed by atoms with van der Waals surface area (Å²) in [6.07, 6.45) is 4.67. The average molecular weight is 256 g/mol. The number of carboxylic acids is 1. The van der Waals surface area contributed by atoms with Crippen LogP contribution in [-0.2, 0) is 4.79 Å². The molecule has 1 fully saturated rings. The van der Waals surface area contributed by atoms with E-state index in [4.69, 9.17) is 5.11 Å². The normalized spacial score (nSPS) is 23.1. The van der Waals surface area contributed by atoms with Gasteiger partial charge in [0.2, 0.25) is 0 Å². The largest absolute Gasteiger partial charge is 0.481 e. The highest BCUT2D eigenvalue weighted by atomic mass is 16.4. The van der Waals surface area contributed by atoms with Gasteiger partial charge in [-0.05, 0) is 39.0 Å². The molecule has 18 heavy (non-hydrogen) atoms. The number of amides is 2. The highest BCUT2D eigenvalue weighted by Gasteiger charge is 2.32. The Morgan fingerprint density at radius 1 is 1.33 bits per heavy atom. The molecule has 0 aromatic heterocycles. The third-order valence-corrected chi connectivity index (χ3v) is 3.59. The number of unbranched alkanes of at least 4 members (excludes halogenated alkanes) is 1. The van der Waals surface area contributed by atoms with Crippen LogP contribution in [0.3, 0.4) is 0 Å². The number of urea groups is 1. The molecule has 0 spiro atoms. The predicted molar refractivity (Wildman–Crippen MR) is 69.5 cm³/mol. The van der Waals surface area contributed by atoms with E-state index in [0.717, 1.165) is 25.7 Å². The molecule has 0 aromatic carbocycles. The Kier molecular flexibility index (Phi) is 5.95. The van der Waals surface area contributed by atoms with Crippen molar-refractivity contribution >= 4 is 12.0 Å². The monoisotopic (exact) mass is 256 g/mol. The van der Waals surface area contributed by atoms with Crippen molar-refractivity contribution in [2.75, 3.05) is 6.54 Å². The molecule has 1 heterocycles. The topological polar surface area (TPSA) is 69.6 Å². The third kappa shape index (κ3) is 4.20. The van der Waals surface area contributed by atoms with E-state index in [1.165, 1.54) is 0 Å². The molecule has 5 nitrogen and oxygen atoms in total. The second kappa shape index (κ2) is 7.24. The van der Waals surface area contributed by atoms with E-state index < -0.39 is 5.97 Å². The Morgan fingerprint density at radius 3 is 2.67 bits per heavy atom. The van der Waals surface area contributed by atoms with E-state index in [9.17, 15) is 9.59 Å². The molecule has 2 N–H and O–H groups in total. The van der Waals surface area contributed by atoms with Crippen LogP contribution in [0.4, 0.5) is 4.79 Å². The molecular weight excluding hydrogens is 232 g/mol. The fraction of sp³-hybridized carbons (Fsp3) is 0.846. The lowest BCUT2D eigenvalue weighted by Gasteiger charge is -2.28. The molecule has 1 rings (SSSR count). The van der Waals surface area contributed by atoms with E-state index >= 15 is 0 Å². The Balaban J connectivity index is 2.25. The molecule has 0 radical (unpaired) electrons. The second-order valence-electron chi connectivity index (χ2n) is 4.98. The van der Waals surface area contributed by atoms with Gasteiger partial charge in [-0.3, -0.25) is 4.79 Å². The van der Waals surface area contributed by atoms with Crippen molar-refractivity contribution in [1.29, 1.82) is 0 Å². The van der Waals surface area contributed by atoms with Gasteiger partial charge in [-0.2, -0.15) is 0 Å². The van der Waals surface area contributed by atoms with Crippen molar-refractivity contribution in [3.8, 4) is 0 Å². The van der Waals surface area contributed by atoms with Gasteiger partial charge in [-0.1, -0.05) is 6.92 Å². The number of hydrogen-bond acceptors (Lipinski definition) is 2.